The fraction of sp³-hybridized carbons (Fsp3) is 0.294. The Hall–Kier alpha value is -11.3. The van der Waals surface area contributed by atoms with Gasteiger partial charge in [0, 0.05) is 87.1 Å². The second-order valence-electron chi connectivity index (χ2n) is 23.2. The number of rotatable bonds is 32. The lowest BCUT2D eigenvalue weighted by Crippen LogP contribution is -2.45. The number of nitrogens with zero attached hydrogens (tertiary/aromatic N) is 4. The summed E-state index contributed by atoms with van der Waals surface area (Å²) < 4.78 is 11.0. The van der Waals surface area contributed by atoms with Gasteiger partial charge in [-0.15, -0.1) is 11.6 Å². The quantitative estimate of drug-likeness (QED) is 0.00634. The van der Waals surface area contributed by atoms with Gasteiger partial charge >= 0.3 is 30.0 Å². The van der Waals surface area contributed by atoms with Gasteiger partial charge in [0.25, 0.3) is 23.3 Å². The van der Waals surface area contributed by atoms with Crippen molar-refractivity contribution in [3.8, 4) is 5.75 Å². The van der Waals surface area contributed by atoms with E-state index in [0.29, 0.717) is 64.5 Å². The van der Waals surface area contributed by atoms with Crippen molar-refractivity contribution >= 4 is 160 Å². The number of fused-ring (bicyclic) bond motifs is 6. The molecule has 5 aromatic carbocycles. The maximum atomic E-state index is 14.1. The van der Waals surface area contributed by atoms with Crippen molar-refractivity contribution in [1.82, 2.24) is 51.2 Å². The van der Waals surface area contributed by atoms with Crippen molar-refractivity contribution in [2.75, 3.05) is 58.9 Å². The van der Waals surface area contributed by atoms with Gasteiger partial charge in [-0.1, -0.05) is 71.0 Å². The third kappa shape index (κ3) is 19.6. The Kier molecular flexibility index (Phi) is 25.8. The van der Waals surface area contributed by atoms with Crippen LogP contribution in [0.15, 0.2) is 120 Å². The number of hydrogen-bond donors (Lipinski definition) is 14. The van der Waals surface area contributed by atoms with Gasteiger partial charge in [-0.2, -0.15) is 4.98 Å². The second-order valence-corrected chi connectivity index (χ2v) is 26.2. The first-order valence-electron chi connectivity index (χ1n) is 31.9. The van der Waals surface area contributed by atoms with Crippen molar-refractivity contribution in [1.29, 1.82) is 0 Å². The molecular formula is C68H71ClN14O17S2. The maximum Gasteiger partial charge on any atom is 0.513 e. The molecule has 1 aliphatic rings. The number of H-pyrrole nitrogens is 3. The molecule has 0 saturated heterocycles. The number of carboxylic acid groups (broad SMARTS) is 4. The smallest absolute Gasteiger partial charge is 0.480 e. The highest BCUT2D eigenvalue weighted by molar-refractivity contribution is 8.76. The normalized spacial score (nSPS) is 13.6. The molecule has 0 bridgehead atoms. The topological polar surface area (TPSA) is 475 Å². The van der Waals surface area contributed by atoms with Crippen LogP contribution in [-0.4, -0.2) is 172 Å². The summed E-state index contributed by atoms with van der Waals surface area (Å²) >= 11 is 6.46. The van der Waals surface area contributed by atoms with E-state index in [4.69, 9.17) is 31.9 Å². The molecule has 31 nitrogen and oxygen atoms in total. The summed E-state index contributed by atoms with van der Waals surface area (Å²) in [4.78, 5) is 158. The highest BCUT2D eigenvalue weighted by atomic mass is 35.5. The molecule has 0 radical (unpaired) electrons. The van der Waals surface area contributed by atoms with Crippen LogP contribution in [0.1, 0.15) is 100 Å². The number of benzene rings is 5. The first-order valence-corrected chi connectivity index (χ1v) is 35.1. The second kappa shape index (κ2) is 35.2. The average molecular weight is 1460 g/mol. The molecule has 534 valence electrons. The number of nitrogens with two attached hydrogens (primary N) is 1. The monoisotopic (exact) mass is 1450 g/mol. The Labute approximate surface area is 592 Å². The number of halogens is 1. The van der Waals surface area contributed by atoms with Crippen LogP contribution >= 0.6 is 33.2 Å². The van der Waals surface area contributed by atoms with Gasteiger partial charge < -0.3 is 82.4 Å². The van der Waals surface area contributed by atoms with Gasteiger partial charge in [0.2, 0.25) is 17.8 Å². The Morgan fingerprint density at radius 1 is 0.706 bits per heavy atom. The summed E-state index contributed by atoms with van der Waals surface area (Å²) in [6, 6.07) is 26.8. The first kappa shape index (κ1) is 74.9. The van der Waals surface area contributed by atoms with Gasteiger partial charge in [-0.05, 0) is 117 Å². The van der Waals surface area contributed by atoms with Crippen LogP contribution < -0.4 is 52.8 Å². The van der Waals surface area contributed by atoms with E-state index in [0.717, 1.165) is 38.1 Å². The molecule has 1 aliphatic heterocycles. The molecule has 5 heterocycles. The fourth-order valence-corrected chi connectivity index (χ4v) is 12.4. The van der Waals surface area contributed by atoms with E-state index in [1.165, 1.54) is 18.3 Å². The zero-order valence-corrected chi connectivity index (χ0v) is 57.1. The van der Waals surface area contributed by atoms with E-state index in [2.05, 4.69) is 61.8 Å². The first-order chi connectivity index (χ1) is 49.0. The van der Waals surface area contributed by atoms with E-state index in [1.807, 2.05) is 73.0 Å². The molecule has 0 saturated carbocycles. The molecule has 15 N–H and O–H groups in total. The molecule has 0 fully saturated rings. The SMILES string of the molecule is CCC(NCCCC(NC(=O)CCC(NC(=O)CCC(NC(=O)c1ccc(NCc2cnc3nc(N)[nH]c(=O)c3n2)cc1)C(=O)O)C(=O)O)C(=O)O)C(=O)O.CSSCCOC(=O)Oc1cc2c(c3ccccc13)C(CCl)CN2C(=O)c1cc2cc(NC(=O)c3cc4ccccc4[nH]3)ccc2[nH]1. The van der Waals surface area contributed by atoms with Crippen LogP contribution in [0.4, 0.5) is 27.8 Å². The molecule has 0 spiro atoms. The number of aromatic amines is 3. The van der Waals surface area contributed by atoms with Gasteiger partial charge in [0.1, 0.15) is 47.9 Å². The van der Waals surface area contributed by atoms with Crippen LogP contribution in [0.25, 0.3) is 43.7 Å². The summed E-state index contributed by atoms with van der Waals surface area (Å²) in [6.45, 7) is 2.59. The Bertz CT molecular complexity index is 4660. The number of aromatic nitrogens is 6. The standard InChI is InChI=1S/C35H29ClN4O5S2.C33H42N10O12/c1-46-47-13-12-44-35(43)45-31-17-30-32(25-8-4-3-7-24(25)31)22(18-36)19-40(30)34(42)29-16-21-14-23(10-11-27(21)39-29)37-33(41)28-15-20-6-2-5-9-26(20)38-28;1-2-19(29(48)49)35-13-3-4-20(30(50)51)39-23(44)11-9-21(31(52)53)40-24(45)12-10-22(32(54)55)41-27(46)16-5-7-17(8-6-16)36-14-18-15-37-26-25(38-18)28(47)43-33(34)42-26/h2-11,14-17,22,38-39H,12-13,18-19H2,1H3,(H,37,41);5-8,15,19-22,35-36H,2-4,9-14H2,1H3,(H,39,44)(H,40,45)(H,41,46)(H,48,49)(H,50,51)(H,52,53)(H,54,55)(H3,34,37,42,43,47). The molecule has 5 unspecified atom stereocenters. The Balaban J connectivity index is 0.000000239. The zero-order valence-electron chi connectivity index (χ0n) is 54.7. The number of hydrogen-bond acceptors (Lipinski definition) is 21. The summed E-state index contributed by atoms with van der Waals surface area (Å²) in [7, 11) is 3.18. The van der Waals surface area contributed by atoms with E-state index >= 15 is 0 Å². The van der Waals surface area contributed by atoms with Crippen molar-refractivity contribution in [2.45, 2.75) is 88.5 Å². The lowest BCUT2D eigenvalue weighted by atomic mass is 9.95. The van der Waals surface area contributed by atoms with E-state index in [1.54, 1.807) is 63.7 Å². The van der Waals surface area contributed by atoms with Gasteiger partial charge in [0.05, 0.1) is 24.1 Å². The molecule has 4 aromatic heterocycles. The highest BCUT2D eigenvalue weighted by Gasteiger charge is 2.36. The van der Waals surface area contributed by atoms with Gasteiger partial charge in [0.15, 0.2) is 11.2 Å². The summed E-state index contributed by atoms with van der Waals surface area (Å²) in [5, 5.41) is 56.6. The van der Waals surface area contributed by atoms with E-state index in [9.17, 15) is 68.1 Å². The van der Waals surface area contributed by atoms with Crippen molar-refractivity contribution in [2.24, 2.45) is 0 Å². The van der Waals surface area contributed by atoms with Crippen molar-refractivity contribution in [3.05, 3.63) is 154 Å². The molecule has 10 rings (SSSR count). The molecule has 5 amide bonds. The number of alkyl halides is 1. The molecular weight excluding hydrogens is 1380 g/mol. The van der Waals surface area contributed by atoms with Crippen molar-refractivity contribution in [3.63, 3.8) is 0 Å². The van der Waals surface area contributed by atoms with Crippen LogP contribution in [0.3, 0.4) is 0 Å². The average Bonchev–Trinajstić information content (AvgIpc) is 1.57. The fourth-order valence-electron chi connectivity index (χ4n) is 11.1. The number of carboxylic acids is 4. The molecule has 9 aromatic rings. The number of carbonyl (C=O) groups is 10. The van der Waals surface area contributed by atoms with E-state index < -0.39 is 103 Å². The zero-order chi connectivity index (χ0) is 73.1. The number of anilines is 4. The molecule has 0 aliphatic carbocycles. The van der Waals surface area contributed by atoms with Crippen LogP contribution in [-0.2, 0) is 40.0 Å². The summed E-state index contributed by atoms with van der Waals surface area (Å²) in [5.74, 6) is -7.23. The lowest BCUT2D eigenvalue weighted by Gasteiger charge is -2.18. The number of aliphatic carboxylic acids is 4. The van der Waals surface area contributed by atoms with Gasteiger partial charge in [-0.25, -0.2) is 29.1 Å². The lowest BCUT2D eigenvalue weighted by molar-refractivity contribution is -0.143. The minimum Gasteiger partial charge on any atom is -0.480 e. The third-order valence-corrected chi connectivity index (χ3v) is 18.4. The van der Waals surface area contributed by atoms with Crippen LogP contribution in [0, 0.1) is 0 Å². The Morgan fingerprint density at radius 3 is 2.00 bits per heavy atom. The number of para-hydroxylation sites is 1. The number of nitrogens with one attached hydrogen (secondary N) is 9. The minimum absolute atomic E-state index is 0.00422. The van der Waals surface area contributed by atoms with Crippen molar-refractivity contribution < 1.29 is 77.8 Å². The predicted molar refractivity (Wildman–Crippen MR) is 383 cm³/mol. The number of amides is 5. The van der Waals surface area contributed by atoms with Gasteiger partial charge in [-0.3, -0.25) is 38.5 Å². The third-order valence-electron chi connectivity index (χ3n) is 16.2. The highest BCUT2D eigenvalue weighted by Crippen LogP contribution is 2.46. The molecule has 102 heavy (non-hydrogen) atoms. The predicted octanol–water partition coefficient (Wildman–Crippen LogP) is 7.59. The largest absolute Gasteiger partial charge is 0.513 e. The number of nitrogen functional groups attached to an aromatic ring is 1. The summed E-state index contributed by atoms with van der Waals surface area (Å²) in [5.41, 5.74) is 10.7. The number of ether oxygens (including phenoxy) is 2. The maximum absolute atomic E-state index is 14.1. The van der Waals surface area contributed by atoms with E-state index in [-0.39, 0.29) is 72.9 Å². The minimum atomic E-state index is -1.56. The molecule has 34 heteroatoms. The summed E-state index contributed by atoms with van der Waals surface area (Å²) in [6.07, 6.45) is 1.29. The molecule has 5 atom stereocenters. The van der Waals surface area contributed by atoms with Crippen LogP contribution in [0.5, 0.6) is 5.75 Å². The van der Waals surface area contributed by atoms with Crippen LogP contribution in [0.2, 0.25) is 0 Å². The Morgan fingerprint density at radius 2 is 1.33 bits per heavy atom. The number of carbonyl (C=O) groups excluding carboxylic acids is 6.